The maximum atomic E-state index is 10.7. The Kier molecular flexibility index (Phi) is 3.54. The van der Waals surface area contributed by atoms with Gasteiger partial charge in [-0.3, -0.25) is 0 Å². The monoisotopic (exact) mass is 241 g/mol. The van der Waals surface area contributed by atoms with Gasteiger partial charge in [-0.15, -0.1) is 6.58 Å². The third-order valence-electron chi connectivity index (χ3n) is 4.14. The van der Waals surface area contributed by atoms with Crippen molar-refractivity contribution in [1.29, 1.82) is 5.26 Å². The smallest absolute Gasteiger partial charge is 0.101 e. The van der Waals surface area contributed by atoms with Gasteiger partial charge in [0.05, 0.1) is 11.5 Å². The molecule has 1 fully saturated rings. The van der Waals surface area contributed by atoms with Crippen molar-refractivity contribution in [1.82, 2.24) is 0 Å². The van der Waals surface area contributed by atoms with Gasteiger partial charge in [-0.1, -0.05) is 49.2 Å². The second kappa shape index (κ2) is 4.96. The summed E-state index contributed by atoms with van der Waals surface area (Å²) in [6.07, 6.45) is 5.49. The van der Waals surface area contributed by atoms with Crippen LogP contribution in [0, 0.1) is 16.7 Å². The lowest BCUT2D eigenvalue weighted by Crippen LogP contribution is -2.49. The molecule has 0 aliphatic heterocycles. The minimum absolute atomic E-state index is 0.590. The fourth-order valence-electron chi connectivity index (χ4n) is 2.95. The fourth-order valence-corrected chi connectivity index (χ4v) is 2.95. The summed E-state index contributed by atoms with van der Waals surface area (Å²) >= 11 is 0. The molecule has 18 heavy (non-hydrogen) atoms. The first-order chi connectivity index (χ1) is 8.66. The van der Waals surface area contributed by atoms with Gasteiger partial charge in [-0.25, -0.2) is 0 Å². The molecule has 2 nitrogen and oxygen atoms in total. The number of nitriles is 1. The van der Waals surface area contributed by atoms with E-state index in [4.69, 9.17) is 0 Å². The second-order valence-corrected chi connectivity index (χ2v) is 5.19. The van der Waals surface area contributed by atoms with Gasteiger partial charge in [0, 0.05) is 0 Å². The molecule has 1 aliphatic carbocycles. The van der Waals surface area contributed by atoms with E-state index in [2.05, 4.69) is 12.6 Å². The topological polar surface area (TPSA) is 44.0 Å². The quantitative estimate of drug-likeness (QED) is 0.826. The average Bonchev–Trinajstić information content (AvgIpc) is 2.42. The van der Waals surface area contributed by atoms with Crippen molar-refractivity contribution < 1.29 is 5.11 Å². The van der Waals surface area contributed by atoms with E-state index in [9.17, 15) is 10.4 Å². The molecule has 0 radical (unpaired) electrons. The molecule has 1 saturated carbocycles. The summed E-state index contributed by atoms with van der Waals surface area (Å²) in [4.78, 5) is 0. The molecule has 0 bridgehead atoms. The van der Waals surface area contributed by atoms with E-state index in [0.717, 1.165) is 24.8 Å². The summed E-state index contributed by atoms with van der Waals surface area (Å²) in [5, 5.41) is 20.3. The van der Waals surface area contributed by atoms with Crippen molar-refractivity contribution in [3.05, 3.63) is 48.6 Å². The number of hydrogen-bond acceptors (Lipinski definition) is 2. The fraction of sp³-hybridized carbons (Fsp3) is 0.438. The van der Waals surface area contributed by atoms with Gasteiger partial charge in [0.25, 0.3) is 0 Å². The van der Waals surface area contributed by atoms with Gasteiger partial charge in [-0.05, 0) is 24.8 Å². The third kappa shape index (κ3) is 2.07. The van der Waals surface area contributed by atoms with E-state index in [0.29, 0.717) is 12.8 Å². The van der Waals surface area contributed by atoms with Crippen LogP contribution in [-0.4, -0.2) is 10.7 Å². The molecule has 1 aromatic rings. The molecule has 0 saturated heterocycles. The Hall–Kier alpha value is -1.59. The molecule has 2 atom stereocenters. The van der Waals surface area contributed by atoms with Gasteiger partial charge >= 0.3 is 0 Å². The van der Waals surface area contributed by atoms with Crippen LogP contribution in [0.15, 0.2) is 43.0 Å². The van der Waals surface area contributed by atoms with Crippen LogP contribution in [0.5, 0.6) is 0 Å². The van der Waals surface area contributed by atoms with Crippen molar-refractivity contribution in [3.8, 4) is 6.07 Å². The van der Waals surface area contributed by atoms with Gasteiger partial charge in [0.15, 0.2) is 0 Å². The lowest BCUT2D eigenvalue weighted by molar-refractivity contribution is -0.0444. The predicted molar refractivity (Wildman–Crippen MR) is 71.8 cm³/mol. The molecule has 0 aromatic heterocycles. The molecule has 0 spiro atoms. The zero-order valence-corrected chi connectivity index (χ0v) is 10.6. The lowest BCUT2D eigenvalue weighted by Gasteiger charge is -2.44. The molecule has 2 rings (SSSR count). The average molecular weight is 241 g/mol. The second-order valence-electron chi connectivity index (χ2n) is 5.19. The van der Waals surface area contributed by atoms with Crippen LogP contribution in [-0.2, 0) is 6.42 Å². The van der Waals surface area contributed by atoms with E-state index in [1.165, 1.54) is 0 Å². The molecule has 1 aromatic carbocycles. The molecule has 0 amide bonds. The molecular formula is C16H19NO. The third-order valence-corrected chi connectivity index (χ3v) is 4.14. The van der Waals surface area contributed by atoms with E-state index >= 15 is 0 Å². The van der Waals surface area contributed by atoms with Crippen LogP contribution < -0.4 is 0 Å². The number of rotatable bonds is 3. The summed E-state index contributed by atoms with van der Waals surface area (Å²) in [5.41, 5.74) is -0.689. The molecule has 2 heteroatoms. The number of benzene rings is 1. The highest BCUT2D eigenvalue weighted by molar-refractivity contribution is 5.26. The Morgan fingerprint density at radius 3 is 2.56 bits per heavy atom. The Morgan fingerprint density at radius 2 is 1.94 bits per heavy atom. The zero-order valence-electron chi connectivity index (χ0n) is 10.6. The Bertz CT molecular complexity index is 462. The highest BCUT2D eigenvalue weighted by Crippen LogP contribution is 2.46. The molecule has 0 heterocycles. The SMILES string of the molecule is C=C[C@@]1(O)CCCC[C@]1(C#N)Cc1ccccc1. The first-order valence-electron chi connectivity index (χ1n) is 6.47. The standard InChI is InChI=1S/C16H19NO/c1-2-16(18)11-7-6-10-15(16,13-17)12-14-8-4-3-5-9-14/h2-5,8-9,18H,1,6-7,10-12H2/t15-,16-/m1/s1. The normalized spacial score (nSPS) is 31.6. The predicted octanol–water partition coefficient (Wildman–Crippen LogP) is 3.23. The van der Waals surface area contributed by atoms with Crippen molar-refractivity contribution in [2.75, 3.05) is 0 Å². The summed E-state index contributed by atoms with van der Waals surface area (Å²) < 4.78 is 0. The Balaban J connectivity index is 2.35. The largest absolute Gasteiger partial charge is 0.384 e. The molecule has 1 aliphatic rings. The van der Waals surface area contributed by atoms with Crippen LogP contribution in [0.1, 0.15) is 31.2 Å². The highest BCUT2D eigenvalue weighted by Gasteiger charge is 2.50. The van der Waals surface area contributed by atoms with Crippen LogP contribution in [0.3, 0.4) is 0 Å². The van der Waals surface area contributed by atoms with E-state index in [1.54, 1.807) is 6.08 Å². The van der Waals surface area contributed by atoms with Crippen molar-refractivity contribution in [2.45, 2.75) is 37.7 Å². The molecular weight excluding hydrogens is 222 g/mol. The van der Waals surface area contributed by atoms with Crippen molar-refractivity contribution >= 4 is 0 Å². The maximum absolute atomic E-state index is 10.7. The number of hydrogen-bond donors (Lipinski definition) is 1. The Morgan fingerprint density at radius 1 is 1.28 bits per heavy atom. The summed E-state index contributed by atoms with van der Waals surface area (Å²) in [5.74, 6) is 0. The van der Waals surface area contributed by atoms with E-state index in [-0.39, 0.29) is 0 Å². The zero-order chi connectivity index (χ0) is 13.1. The minimum atomic E-state index is -1.06. The van der Waals surface area contributed by atoms with Gasteiger partial charge in [0.1, 0.15) is 5.60 Å². The Labute approximate surface area is 109 Å². The molecule has 1 N–H and O–H groups in total. The number of aliphatic hydroxyl groups is 1. The van der Waals surface area contributed by atoms with E-state index in [1.807, 2.05) is 30.3 Å². The summed E-state index contributed by atoms with van der Waals surface area (Å²) in [7, 11) is 0. The highest BCUT2D eigenvalue weighted by atomic mass is 16.3. The molecule has 0 unspecified atom stereocenters. The van der Waals surface area contributed by atoms with Crippen LogP contribution >= 0.6 is 0 Å². The van der Waals surface area contributed by atoms with Gasteiger partial charge in [-0.2, -0.15) is 5.26 Å². The minimum Gasteiger partial charge on any atom is -0.384 e. The summed E-state index contributed by atoms with van der Waals surface area (Å²) in [6.45, 7) is 3.74. The summed E-state index contributed by atoms with van der Waals surface area (Å²) in [6, 6.07) is 12.3. The van der Waals surface area contributed by atoms with Crippen molar-refractivity contribution in [3.63, 3.8) is 0 Å². The lowest BCUT2D eigenvalue weighted by atomic mass is 9.61. The van der Waals surface area contributed by atoms with Crippen LogP contribution in [0.4, 0.5) is 0 Å². The van der Waals surface area contributed by atoms with Crippen molar-refractivity contribution in [2.24, 2.45) is 5.41 Å². The van der Waals surface area contributed by atoms with Gasteiger partial charge < -0.3 is 5.11 Å². The van der Waals surface area contributed by atoms with Gasteiger partial charge in [0.2, 0.25) is 0 Å². The first kappa shape index (κ1) is 12.9. The maximum Gasteiger partial charge on any atom is 0.101 e. The van der Waals surface area contributed by atoms with Crippen LogP contribution in [0.25, 0.3) is 0 Å². The number of nitrogens with zero attached hydrogens (tertiary/aromatic N) is 1. The molecule has 94 valence electrons. The van der Waals surface area contributed by atoms with Crippen LogP contribution in [0.2, 0.25) is 0 Å². The van der Waals surface area contributed by atoms with E-state index < -0.39 is 11.0 Å². The first-order valence-corrected chi connectivity index (χ1v) is 6.47.